The summed E-state index contributed by atoms with van der Waals surface area (Å²) in [6.45, 7) is 1.51. The van der Waals surface area contributed by atoms with Crippen molar-refractivity contribution in [3.8, 4) is 0 Å². The maximum absolute atomic E-state index is 11.7. The minimum absolute atomic E-state index is 0.0440. The molecule has 2 heterocycles. The summed E-state index contributed by atoms with van der Waals surface area (Å²) >= 11 is 1.70. The van der Waals surface area contributed by atoms with E-state index in [9.17, 15) is 4.79 Å². The van der Waals surface area contributed by atoms with Crippen molar-refractivity contribution < 1.29 is 4.79 Å². The van der Waals surface area contributed by atoms with Crippen LogP contribution in [0.3, 0.4) is 0 Å². The average molecular weight is 279 g/mol. The largest absolute Gasteiger partial charge is 0.354 e. The molecule has 0 aliphatic rings. The molecule has 19 heavy (non-hydrogen) atoms. The Morgan fingerprint density at radius 3 is 3.16 bits per heavy atom. The number of nitrogens with one attached hydrogen (secondary N) is 2. The Balaban J connectivity index is 1.71. The van der Waals surface area contributed by atoms with E-state index in [-0.39, 0.29) is 12.5 Å². The second kappa shape index (κ2) is 7.01. The first-order chi connectivity index (χ1) is 9.28. The molecule has 0 bridgehead atoms. The van der Waals surface area contributed by atoms with Crippen LogP contribution >= 0.6 is 11.3 Å². The summed E-state index contributed by atoms with van der Waals surface area (Å²) in [5.41, 5.74) is 0.828. The number of carbonyl (C=O) groups is 1. The Bertz CT molecular complexity index is 508. The first kappa shape index (κ1) is 13.7. The standard InChI is InChI=1S/C12H17N5OS/c1-13-7-10-8-17(16-15-10)9-12(18)14-5-4-11-3-2-6-19-11/h2-3,6,8,13H,4-5,7,9H2,1H3,(H,14,18). The lowest BCUT2D eigenvalue weighted by Crippen LogP contribution is -2.29. The van der Waals surface area contributed by atoms with Gasteiger partial charge in [-0.2, -0.15) is 0 Å². The van der Waals surface area contributed by atoms with Gasteiger partial charge in [-0.25, -0.2) is 4.68 Å². The van der Waals surface area contributed by atoms with Crippen LogP contribution in [0.4, 0.5) is 0 Å². The number of rotatable bonds is 7. The molecule has 0 aromatic carbocycles. The highest BCUT2D eigenvalue weighted by atomic mass is 32.1. The van der Waals surface area contributed by atoms with Gasteiger partial charge in [0.25, 0.3) is 0 Å². The van der Waals surface area contributed by atoms with Gasteiger partial charge in [0.15, 0.2) is 0 Å². The predicted octanol–water partition coefficient (Wildman–Crippen LogP) is 0.418. The van der Waals surface area contributed by atoms with E-state index >= 15 is 0 Å². The minimum Gasteiger partial charge on any atom is -0.354 e. The van der Waals surface area contributed by atoms with E-state index in [4.69, 9.17) is 0 Å². The minimum atomic E-state index is -0.0440. The second-order valence-electron chi connectivity index (χ2n) is 4.12. The SMILES string of the molecule is CNCc1cn(CC(=O)NCCc2cccs2)nn1. The molecule has 1 amide bonds. The molecule has 2 aromatic heterocycles. The van der Waals surface area contributed by atoms with E-state index < -0.39 is 0 Å². The van der Waals surface area contributed by atoms with Crippen LogP contribution in [0.25, 0.3) is 0 Å². The molecule has 2 N–H and O–H groups in total. The molecule has 0 radical (unpaired) electrons. The van der Waals surface area contributed by atoms with Crippen LogP contribution < -0.4 is 10.6 Å². The molecule has 0 saturated carbocycles. The second-order valence-corrected chi connectivity index (χ2v) is 5.15. The van der Waals surface area contributed by atoms with Gasteiger partial charge in [0.1, 0.15) is 6.54 Å². The molecule has 102 valence electrons. The fraction of sp³-hybridized carbons (Fsp3) is 0.417. The molecule has 0 unspecified atom stereocenters. The van der Waals surface area contributed by atoms with Crippen molar-refractivity contribution in [2.45, 2.75) is 19.5 Å². The molecule has 2 aromatic rings. The number of amides is 1. The average Bonchev–Trinajstić information content (AvgIpc) is 3.02. The maximum Gasteiger partial charge on any atom is 0.241 e. The van der Waals surface area contributed by atoms with Crippen LogP contribution in [0, 0.1) is 0 Å². The first-order valence-electron chi connectivity index (χ1n) is 6.10. The predicted molar refractivity (Wildman–Crippen MR) is 73.8 cm³/mol. The summed E-state index contributed by atoms with van der Waals surface area (Å²) in [5.74, 6) is -0.0440. The van der Waals surface area contributed by atoms with Gasteiger partial charge in [0.2, 0.25) is 5.91 Å². The zero-order valence-electron chi connectivity index (χ0n) is 10.8. The molecule has 6 nitrogen and oxygen atoms in total. The highest BCUT2D eigenvalue weighted by molar-refractivity contribution is 7.09. The van der Waals surface area contributed by atoms with Crippen LogP contribution in [0.1, 0.15) is 10.6 Å². The molecule has 0 fully saturated rings. The van der Waals surface area contributed by atoms with Gasteiger partial charge in [-0.1, -0.05) is 11.3 Å². The summed E-state index contributed by atoms with van der Waals surface area (Å²) in [7, 11) is 1.84. The third-order valence-electron chi connectivity index (χ3n) is 2.52. The van der Waals surface area contributed by atoms with Crippen molar-refractivity contribution in [3.63, 3.8) is 0 Å². The molecule has 2 rings (SSSR count). The Morgan fingerprint density at radius 2 is 2.42 bits per heavy atom. The van der Waals surface area contributed by atoms with E-state index in [0.29, 0.717) is 13.1 Å². The van der Waals surface area contributed by atoms with Gasteiger partial charge in [0.05, 0.1) is 11.9 Å². The molecule has 0 aliphatic carbocycles. The smallest absolute Gasteiger partial charge is 0.241 e. The number of nitrogens with zero attached hydrogens (tertiary/aromatic N) is 3. The summed E-state index contributed by atoms with van der Waals surface area (Å²) < 4.78 is 1.55. The Kier molecular flexibility index (Phi) is 5.05. The lowest BCUT2D eigenvalue weighted by atomic mass is 10.3. The van der Waals surface area contributed by atoms with E-state index in [2.05, 4.69) is 27.0 Å². The Labute approximate surface area is 115 Å². The monoisotopic (exact) mass is 279 g/mol. The van der Waals surface area contributed by atoms with E-state index in [0.717, 1.165) is 12.1 Å². The number of hydrogen-bond acceptors (Lipinski definition) is 5. The fourth-order valence-electron chi connectivity index (χ4n) is 1.66. The van der Waals surface area contributed by atoms with Crippen LogP contribution in [-0.2, 0) is 24.3 Å². The van der Waals surface area contributed by atoms with Gasteiger partial charge >= 0.3 is 0 Å². The summed E-state index contributed by atoms with van der Waals surface area (Å²) in [5, 5.41) is 15.7. The first-order valence-corrected chi connectivity index (χ1v) is 6.98. The highest BCUT2D eigenvalue weighted by Crippen LogP contribution is 2.07. The van der Waals surface area contributed by atoms with Crippen LogP contribution in [0.5, 0.6) is 0 Å². The van der Waals surface area contributed by atoms with Crippen LogP contribution in [0.2, 0.25) is 0 Å². The molecule has 0 aliphatic heterocycles. The third-order valence-corrected chi connectivity index (χ3v) is 3.46. The summed E-state index contributed by atoms with van der Waals surface area (Å²) in [6.07, 6.45) is 2.64. The zero-order valence-corrected chi connectivity index (χ0v) is 11.6. The van der Waals surface area contributed by atoms with Gasteiger partial charge in [-0.15, -0.1) is 16.4 Å². The number of hydrogen-bond donors (Lipinski definition) is 2. The number of carbonyl (C=O) groups excluding carboxylic acids is 1. The van der Waals surface area contributed by atoms with Crippen molar-refractivity contribution >= 4 is 17.2 Å². The van der Waals surface area contributed by atoms with Gasteiger partial charge in [0, 0.05) is 18.0 Å². The van der Waals surface area contributed by atoms with E-state index in [1.54, 1.807) is 22.2 Å². The third kappa shape index (κ3) is 4.46. The quantitative estimate of drug-likeness (QED) is 0.770. The number of thiophene rings is 1. The zero-order chi connectivity index (χ0) is 13.5. The number of aromatic nitrogens is 3. The molecular weight excluding hydrogens is 262 g/mol. The van der Waals surface area contributed by atoms with Crippen LogP contribution in [0.15, 0.2) is 23.7 Å². The van der Waals surface area contributed by atoms with Crippen molar-refractivity contribution in [3.05, 3.63) is 34.3 Å². The highest BCUT2D eigenvalue weighted by Gasteiger charge is 2.05. The van der Waals surface area contributed by atoms with Crippen molar-refractivity contribution in [1.29, 1.82) is 0 Å². The molecule has 0 atom stereocenters. The Hall–Kier alpha value is -1.73. The molecule has 7 heteroatoms. The van der Waals surface area contributed by atoms with Crippen molar-refractivity contribution in [2.24, 2.45) is 0 Å². The van der Waals surface area contributed by atoms with Gasteiger partial charge in [-0.05, 0) is 24.9 Å². The van der Waals surface area contributed by atoms with E-state index in [1.807, 2.05) is 18.5 Å². The summed E-state index contributed by atoms with van der Waals surface area (Å²) in [4.78, 5) is 13.0. The van der Waals surface area contributed by atoms with Crippen LogP contribution in [-0.4, -0.2) is 34.5 Å². The maximum atomic E-state index is 11.7. The summed E-state index contributed by atoms with van der Waals surface area (Å²) in [6, 6.07) is 4.08. The van der Waals surface area contributed by atoms with Gasteiger partial charge < -0.3 is 10.6 Å². The van der Waals surface area contributed by atoms with Crippen molar-refractivity contribution in [2.75, 3.05) is 13.6 Å². The Morgan fingerprint density at radius 1 is 1.53 bits per heavy atom. The lowest BCUT2D eigenvalue weighted by molar-refractivity contribution is -0.121. The lowest BCUT2D eigenvalue weighted by Gasteiger charge is -2.03. The van der Waals surface area contributed by atoms with Crippen molar-refractivity contribution in [1.82, 2.24) is 25.6 Å². The normalized spacial score (nSPS) is 10.6. The molecular formula is C12H17N5OS. The van der Waals surface area contributed by atoms with E-state index in [1.165, 1.54) is 4.88 Å². The fourth-order valence-corrected chi connectivity index (χ4v) is 2.37. The topological polar surface area (TPSA) is 71.8 Å². The van der Waals surface area contributed by atoms with Gasteiger partial charge in [-0.3, -0.25) is 4.79 Å². The molecule has 0 spiro atoms. The molecule has 0 saturated heterocycles.